The van der Waals surface area contributed by atoms with Crippen LogP contribution >= 0.6 is 0 Å². The number of nitrogens with one attached hydrogen (secondary N) is 1. The van der Waals surface area contributed by atoms with E-state index in [2.05, 4.69) is 11.4 Å². The average molecular weight is 260 g/mol. The van der Waals surface area contributed by atoms with Gasteiger partial charge in [0.05, 0.1) is 11.6 Å². The van der Waals surface area contributed by atoms with Crippen LogP contribution < -0.4 is 5.32 Å². The fraction of sp³-hybridized carbons (Fsp3) is 0.467. The van der Waals surface area contributed by atoms with Gasteiger partial charge in [-0.2, -0.15) is 5.26 Å². The van der Waals surface area contributed by atoms with Crippen LogP contribution in [0.15, 0.2) is 24.3 Å². The van der Waals surface area contributed by atoms with Crippen LogP contribution in [-0.4, -0.2) is 17.7 Å². The van der Waals surface area contributed by atoms with E-state index in [1.54, 1.807) is 12.1 Å². The monoisotopic (exact) mass is 260 g/mol. The summed E-state index contributed by atoms with van der Waals surface area (Å²) in [6.45, 7) is 7.41. The second-order valence-electron chi connectivity index (χ2n) is 5.56. The number of nitrogens with zero attached hydrogens (tertiary/aromatic N) is 1. The maximum atomic E-state index is 11.6. The molecule has 0 aliphatic heterocycles. The van der Waals surface area contributed by atoms with E-state index in [0.29, 0.717) is 12.0 Å². The van der Waals surface area contributed by atoms with Gasteiger partial charge in [0.1, 0.15) is 5.60 Å². The minimum absolute atomic E-state index is 0.0252. The number of amides is 1. The smallest absolute Gasteiger partial charge is 0.407 e. The fourth-order valence-electron chi connectivity index (χ4n) is 1.63. The molecule has 0 spiro atoms. The third-order valence-corrected chi connectivity index (χ3v) is 2.39. The summed E-state index contributed by atoms with van der Waals surface area (Å²) < 4.78 is 5.19. The number of alkyl carbamates (subject to hydrolysis) is 1. The predicted molar refractivity (Wildman–Crippen MR) is 73.7 cm³/mol. The number of benzene rings is 1. The second kappa shape index (κ2) is 6.24. The maximum Gasteiger partial charge on any atom is 0.407 e. The molecule has 1 rings (SSSR count). The lowest BCUT2D eigenvalue weighted by molar-refractivity contribution is 0.0508. The molecule has 1 aromatic rings. The van der Waals surface area contributed by atoms with Crippen LogP contribution in [0, 0.1) is 11.3 Å². The molecule has 4 nitrogen and oxygen atoms in total. The molecule has 1 aromatic carbocycles. The van der Waals surface area contributed by atoms with Crippen molar-refractivity contribution < 1.29 is 9.53 Å². The van der Waals surface area contributed by atoms with Crippen LogP contribution in [0.25, 0.3) is 0 Å². The molecule has 0 saturated carbocycles. The van der Waals surface area contributed by atoms with E-state index in [0.717, 1.165) is 5.56 Å². The molecule has 0 fully saturated rings. The van der Waals surface area contributed by atoms with Crippen molar-refractivity contribution in [2.45, 2.75) is 45.8 Å². The Kier molecular flexibility index (Phi) is 4.94. The SMILES string of the molecule is C[C@H](Cc1ccc(C#N)cc1)NC(=O)OC(C)(C)C. The standard InChI is InChI=1S/C15H20N2O2/c1-11(17-14(18)19-15(2,3)4)9-12-5-7-13(10-16)8-6-12/h5-8,11H,9H2,1-4H3,(H,17,18)/t11-/m1/s1. The largest absolute Gasteiger partial charge is 0.444 e. The first-order valence-electron chi connectivity index (χ1n) is 6.29. The molecule has 0 bridgehead atoms. The van der Waals surface area contributed by atoms with Crippen molar-refractivity contribution in [3.63, 3.8) is 0 Å². The third kappa shape index (κ3) is 5.91. The second-order valence-corrected chi connectivity index (χ2v) is 5.56. The molecule has 0 unspecified atom stereocenters. The van der Waals surface area contributed by atoms with Crippen molar-refractivity contribution in [3.05, 3.63) is 35.4 Å². The van der Waals surface area contributed by atoms with Gasteiger partial charge in [0.25, 0.3) is 0 Å². The van der Waals surface area contributed by atoms with Gasteiger partial charge < -0.3 is 10.1 Å². The molecule has 1 N–H and O–H groups in total. The quantitative estimate of drug-likeness (QED) is 0.908. The molecule has 4 heteroatoms. The van der Waals surface area contributed by atoms with E-state index in [1.165, 1.54) is 0 Å². The number of nitriles is 1. The molecule has 0 heterocycles. The molecule has 19 heavy (non-hydrogen) atoms. The zero-order valence-electron chi connectivity index (χ0n) is 11.9. The number of carbonyl (C=O) groups excluding carboxylic acids is 1. The van der Waals surface area contributed by atoms with E-state index in [1.807, 2.05) is 39.8 Å². The van der Waals surface area contributed by atoms with Gasteiger partial charge in [-0.3, -0.25) is 0 Å². The number of hydrogen-bond donors (Lipinski definition) is 1. The average Bonchev–Trinajstić information content (AvgIpc) is 2.27. The van der Waals surface area contributed by atoms with Crippen molar-refractivity contribution in [2.24, 2.45) is 0 Å². The van der Waals surface area contributed by atoms with Crippen molar-refractivity contribution in [1.82, 2.24) is 5.32 Å². The Hall–Kier alpha value is -2.02. The van der Waals surface area contributed by atoms with Crippen molar-refractivity contribution in [1.29, 1.82) is 5.26 Å². The first-order chi connectivity index (χ1) is 8.80. The Bertz CT molecular complexity index is 466. The van der Waals surface area contributed by atoms with Crippen LogP contribution in [0.3, 0.4) is 0 Å². The number of carbonyl (C=O) groups is 1. The van der Waals surface area contributed by atoms with Crippen LogP contribution in [0.1, 0.15) is 38.8 Å². The summed E-state index contributed by atoms with van der Waals surface area (Å²) in [5.74, 6) is 0. The summed E-state index contributed by atoms with van der Waals surface area (Å²) in [6.07, 6.45) is 0.291. The van der Waals surface area contributed by atoms with E-state index in [-0.39, 0.29) is 6.04 Å². The lowest BCUT2D eigenvalue weighted by Gasteiger charge is -2.22. The highest BCUT2D eigenvalue weighted by atomic mass is 16.6. The molecule has 1 amide bonds. The Morgan fingerprint density at radius 1 is 1.37 bits per heavy atom. The van der Waals surface area contributed by atoms with Crippen molar-refractivity contribution in [3.8, 4) is 6.07 Å². The molecule has 0 saturated heterocycles. The highest BCUT2D eigenvalue weighted by Crippen LogP contribution is 2.09. The lowest BCUT2D eigenvalue weighted by Crippen LogP contribution is -2.38. The minimum Gasteiger partial charge on any atom is -0.444 e. The lowest BCUT2D eigenvalue weighted by atomic mass is 10.1. The van der Waals surface area contributed by atoms with Crippen LogP contribution in [0.5, 0.6) is 0 Å². The normalized spacial score (nSPS) is 12.4. The molecule has 0 aromatic heterocycles. The summed E-state index contributed by atoms with van der Waals surface area (Å²) >= 11 is 0. The Morgan fingerprint density at radius 2 is 1.95 bits per heavy atom. The zero-order chi connectivity index (χ0) is 14.5. The summed E-state index contributed by atoms with van der Waals surface area (Å²) in [7, 11) is 0. The van der Waals surface area contributed by atoms with E-state index >= 15 is 0 Å². The first-order valence-corrected chi connectivity index (χ1v) is 6.29. The van der Waals surface area contributed by atoms with Crippen molar-refractivity contribution in [2.75, 3.05) is 0 Å². The summed E-state index contributed by atoms with van der Waals surface area (Å²) in [5.41, 5.74) is 1.22. The highest BCUT2D eigenvalue weighted by Gasteiger charge is 2.17. The fourth-order valence-corrected chi connectivity index (χ4v) is 1.63. The van der Waals surface area contributed by atoms with Gasteiger partial charge in [-0.25, -0.2) is 4.79 Å². The molecule has 1 atom stereocenters. The molecular weight excluding hydrogens is 240 g/mol. The minimum atomic E-state index is -0.488. The van der Waals surface area contributed by atoms with Gasteiger partial charge in [-0.05, 0) is 51.8 Å². The van der Waals surface area contributed by atoms with E-state index in [9.17, 15) is 4.79 Å². The van der Waals surface area contributed by atoms with Crippen LogP contribution in [0.4, 0.5) is 4.79 Å². The third-order valence-electron chi connectivity index (χ3n) is 2.39. The van der Waals surface area contributed by atoms with E-state index in [4.69, 9.17) is 10.00 Å². The summed E-state index contributed by atoms with van der Waals surface area (Å²) in [4.78, 5) is 11.6. The number of hydrogen-bond acceptors (Lipinski definition) is 3. The maximum absolute atomic E-state index is 11.6. The Labute approximate surface area is 114 Å². The topological polar surface area (TPSA) is 62.1 Å². The Morgan fingerprint density at radius 3 is 2.42 bits per heavy atom. The van der Waals surface area contributed by atoms with Gasteiger partial charge in [0.15, 0.2) is 0 Å². The summed E-state index contributed by atoms with van der Waals surface area (Å²) in [5, 5.41) is 11.5. The Balaban J connectivity index is 2.48. The van der Waals surface area contributed by atoms with Gasteiger partial charge >= 0.3 is 6.09 Å². The van der Waals surface area contributed by atoms with Gasteiger partial charge in [-0.15, -0.1) is 0 Å². The molecule has 0 aliphatic carbocycles. The molecule has 0 radical (unpaired) electrons. The zero-order valence-corrected chi connectivity index (χ0v) is 11.9. The summed E-state index contributed by atoms with van der Waals surface area (Å²) in [6, 6.07) is 9.39. The molecular formula is C15H20N2O2. The highest BCUT2D eigenvalue weighted by molar-refractivity contribution is 5.68. The van der Waals surface area contributed by atoms with Crippen LogP contribution in [0.2, 0.25) is 0 Å². The number of ether oxygens (including phenoxy) is 1. The van der Waals surface area contributed by atoms with Crippen molar-refractivity contribution >= 4 is 6.09 Å². The predicted octanol–water partition coefficient (Wildman–Crippen LogP) is 3.01. The molecule has 102 valence electrons. The first kappa shape index (κ1) is 15.0. The number of rotatable bonds is 3. The van der Waals surface area contributed by atoms with Gasteiger partial charge in [0.2, 0.25) is 0 Å². The van der Waals surface area contributed by atoms with Gasteiger partial charge in [0, 0.05) is 6.04 Å². The van der Waals surface area contributed by atoms with Gasteiger partial charge in [-0.1, -0.05) is 12.1 Å². The van der Waals surface area contributed by atoms with Crippen LogP contribution in [-0.2, 0) is 11.2 Å². The van der Waals surface area contributed by atoms with E-state index < -0.39 is 11.7 Å². The molecule has 0 aliphatic rings.